The Morgan fingerprint density at radius 2 is 2.14 bits per heavy atom. The Balaban J connectivity index is 2.41. The SMILES string of the molecule is Cc1nc(Br)c([N+](=O)[O-])n1CC(=O)c1cc(Cl)ccc1Cl. The van der Waals surface area contributed by atoms with Crippen molar-refractivity contribution in [2.45, 2.75) is 13.5 Å². The van der Waals surface area contributed by atoms with E-state index in [0.717, 1.165) is 0 Å². The number of nitro groups is 1. The largest absolute Gasteiger partial charge is 0.358 e. The van der Waals surface area contributed by atoms with Gasteiger partial charge < -0.3 is 10.1 Å². The van der Waals surface area contributed by atoms with Gasteiger partial charge in [-0.1, -0.05) is 23.2 Å². The Kier molecular flexibility index (Phi) is 4.65. The van der Waals surface area contributed by atoms with Gasteiger partial charge in [0, 0.05) is 17.5 Å². The quantitative estimate of drug-likeness (QED) is 0.446. The highest BCUT2D eigenvalue weighted by Gasteiger charge is 2.26. The van der Waals surface area contributed by atoms with Crippen molar-refractivity contribution in [3.8, 4) is 0 Å². The van der Waals surface area contributed by atoms with E-state index >= 15 is 0 Å². The number of halogens is 3. The first kappa shape index (κ1) is 15.9. The van der Waals surface area contributed by atoms with Gasteiger partial charge in [0.15, 0.2) is 12.4 Å². The summed E-state index contributed by atoms with van der Waals surface area (Å²) >= 11 is 14.8. The third kappa shape index (κ3) is 3.25. The van der Waals surface area contributed by atoms with Crippen molar-refractivity contribution in [1.29, 1.82) is 0 Å². The highest BCUT2D eigenvalue weighted by Crippen LogP contribution is 2.27. The van der Waals surface area contributed by atoms with Crippen LogP contribution in [0.25, 0.3) is 0 Å². The number of carbonyl (C=O) groups is 1. The maximum absolute atomic E-state index is 12.3. The molecule has 0 fully saturated rings. The lowest BCUT2D eigenvalue weighted by atomic mass is 10.1. The number of imidazole rings is 1. The zero-order chi connectivity index (χ0) is 15.7. The summed E-state index contributed by atoms with van der Waals surface area (Å²) in [7, 11) is 0. The second kappa shape index (κ2) is 6.13. The van der Waals surface area contributed by atoms with Crippen molar-refractivity contribution in [1.82, 2.24) is 9.55 Å². The van der Waals surface area contributed by atoms with Gasteiger partial charge in [-0.05, 0) is 39.1 Å². The first-order valence-corrected chi connectivity index (χ1v) is 7.21. The number of Topliss-reactive ketones (excluding diaryl/α,β-unsaturated/α-hetero) is 1. The van der Waals surface area contributed by atoms with Gasteiger partial charge in [-0.25, -0.2) is 4.57 Å². The van der Waals surface area contributed by atoms with Gasteiger partial charge >= 0.3 is 5.82 Å². The fourth-order valence-corrected chi connectivity index (χ4v) is 2.83. The Hall–Kier alpha value is -1.44. The van der Waals surface area contributed by atoms with Crippen LogP contribution in [0.1, 0.15) is 16.2 Å². The molecule has 6 nitrogen and oxygen atoms in total. The van der Waals surface area contributed by atoms with Crippen molar-refractivity contribution >= 4 is 50.7 Å². The summed E-state index contributed by atoms with van der Waals surface area (Å²) in [5, 5.41) is 11.7. The number of aryl methyl sites for hydroxylation is 1. The fourth-order valence-electron chi connectivity index (χ4n) is 1.82. The summed E-state index contributed by atoms with van der Waals surface area (Å²) in [6, 6.07) is 4.49. The lowest BCUT2D eigenvalue weighted by Crippen LogP contribution is -2.14. The maximum Gasteiger partial charge on any atom is 0.357 e. The van der Waals surface area contributed by atoms with E-state index in [4.69, 9.17) is 23.2 Å². The average molecular weight is 393 g/mol. The van der Waals surface area contributed by atoms with Crippen LogP contribution in [-0.4, -0.2) is 20.3 Å². The monoisotopic (exact) mass is 391 g/mol. The lowest BCUT2D eigenvalue weighted by molar-refractivity contribution is -0.392. The zero-order valence-corrected chi connectivity index (χ0v) is 13.7. The standard InChI is InChI=1S/C12H8BrCl2N3O3/c1-6-16-11(13)12(18(20)21)17(6)5-10(19)8-4-7(14)2-3-9(8)15/h2-4H,5H2,1H3. The summed E-state index contributed by atoms with van der Waals surface area (Å²) in [5.74, 6) is -0.322. The van der Waals surface area contributed by atoms with Crippen LogP contribution < -0.4 is 0 Å². The molecule has 0 saturated carbocycles. The van der Waals surface area contributed by atoms with E-state index in [1.165, 1.54) is 16.7 Å². The number of rotatable bonds is 4. The second-order valence-corrected chi connectivity index (χ2v) is 5.76. The third-order valence-corrected chi connectivity index (χ3v) is 3.89. The van der Waals surface area contributed by atoms with Crippen molar-refractivity contribution < 1.29 is 9.72 Å². The van der Waals surface area contributed by atoms with Gasteiger partial charge in [0.1, 0.15) is 0 Å². The first-order valence-electron chi connectivity index (χ1n) is 5.66. The highest BCUT2D eigenvalue weighted by molar-refractivity contribution is 9.10. The van der Waals surface area contributed by atoms with E-state index in [2.05, 4.69) is 20.9 Å². The van der Waals surface area contributed by atoms with Crippen molar-refractivity contribution in [3.63, 3.8) is 0 Å². The molecule has 0 unspecified atom stereocenters. The van der Waals surface area contributed by atoms with Crippen LogP contribution in [-0.2, 0) is 6.54 Å². The van der Waals surface area contributed by atoms with Crippen molar-refractivity contribution in [3.05, 3.63) is 54.3 Å². The van der Waals surface area contributed by atoms with Crippen LogP contribution in [0.3, 0.4) is 0 Å². The van der Waals surface area contributed by atoms with E-state index < -0.39 is 10.7 Å². The molecule has 0 aliphatic rings. The Morgan fingerprint density at radius 1 is 1.48 bits per heavy atom. The molecule has 0 bridgehead atoms. The third-order valence-electron chi connectivity index (χ3n) is 2.79. The molecule has 0 spiro atoms. The molecule has 2 rings (SSSR count). The van der Waals surface area contributed by atoms with E-state index in [0.29, 0.717) is 10.8 Å². The number of ketones is 1. The molecule has 2 aromatic rings. The zero-order valence-electron chi connectivity index (χ0n) is 10.6. The number of nitrogens with zero attached hydrogens (tertiary/aromatic N) is 3. The van der Waals surface area contributed by atoms with Crippen LogP contribution in [0, 0.1) is 17.0 Å². The Labute approximate surface area is 138 Å². The molecule has 0 radical (unpaired) electrons. The van der Waals surface area contributed by atoms with E-state index in [-0.39, 0.29) is 27.6 Å². The molecule has 0 aliphatic heterocycles. The number of hydrogen-bond acceptors (Lipinski definition) is 4. The average Bonchev–Trinajstić information content (AvgIpc) is 2.67. The topological polar surface area (TPSA) is 78.0 Å². The molecule has 0 atom stereocenters. The van der Waals surface area contributed by atoms with E-state index in [9.17, 15) is 14.9 Å². The number of aromatic nitrogens is 2. The summed E-state index contributed by atoms with van der Waals surface area (Å²) in [4.78, 5) is 26.7. The lowest BCUT2D eigenvalue weighted by Gasteiger charge is -2.05. The van der Waals surface area contributed by atoms with Crippen LogP contribution in [0.4, 0.5) is 5.82 Å². The van der Waals surface area contributed by atoms with Crippen LogP contribution in [0.5, 0.6) is 0 Å². The van der Waals surface area contributed by atoms with E-state index in [1.807, 2.05) is 0 Å². The molecule has 0 saturated heterocycles. The van der Waals surface area contributed by atoms with Crippen LogP contribution in [0.2, 0.25) is 10.0 Å². The predicted molar refractivity (Wildman–Crippen MR) is 82.1 cm³/mol. The molecule has 110 valence electrons. The number of benzene rings is 1. The molecule has 1 aromatic carbocycles. The minimum Gasteiger partial charge on any atom is -0.358 e. The van der Waals surface area contributed by atoms with Gasteiger partial charge in [0.2, 0.25) is 10.4 Å². The molecule has 0 N–H and O–H groups in total. The summed E-state index contributed by atoms with van der Waals surface area (Å²) in [6.07, 6.45) is 0. The summed E-state index contributed by atoms with van der Waals surface area (Å²) in [5.41, 5.74) is 0.211. The number of carbonyl (C=O) groups excluding carboxylic acids is 1. The van der Waals surface area contributed by atoms with E-state index in [1.54, 1.807) is 13.0 Å². The predicted octanol–water partition coefficient (Wildman–Crippen LogP) is 4.05. The normalized spacial score (nSPS) is 10.7. The van der Waals surface area contributed by atoms with Gasteiger partial charge in [-0.2, -0.15) is 4.98 Å². The highest BCUT2D eigenvalue weighted by atomic mass is 79.9. The molecule has 1 aromatic heterocycles. The minimum absolute atomic E-state index is 0.0787. The van der Waals surface area contributed by atoms with Crippen LogP contribution in [0.15, 0.2) is 22.8 Å². The number of hydrogen-bond donors (Lipinski definition) is 0. The van der Waals surface area contributed by atoms with Crippen molar-refractivity contribution in [2.24, 2.45) is 0 Å². The second-order valence-electron chi connectivity index (χ2n) is 4.16. The molecule has 21 heavy (non-hydrogen) atoms. The molecule has 9 heteroatoms. The fraction of sp³-hybridized carbons (Fsp3) is 0.167. The van der Waals surface area contributed by atoms with Crippen LogP contribution >= 0.6 is 39.1 Å². The first-order chi connectivity index (χ1) is 9.81. The maximum atomic E-state index is 12.3. The van der Waals surface area contributed by atoms with Gasteiger partial charge in [-0.3, -0.25) is 4.79 Å². The molecular formula is C12H8BrCl2N3O3. The molecule has 0 aliphatic carbocycles. The summed E-state index contributed by atoms with van der Waals surface area (Å²) in [6.45, 7) is 1.32. The van der Waals surface area contributed by atoms with Gasteiger partial charge in [0.25, 0.3) is 0 Å². The smallest absolute Gasteiger partial charge is 0.357 e. The molecule has 1 heterocycles. The minimum atomic E-state index is -0.600. The Morgan fingerprint density at radius 3 is 2.76 bits per heavy atom. The summed E-state index contributed by atoms with van der Waals surface area (Å²) < 4.78 is 1.29. The van der Waals surface area contributed by atoms with Gasteiger partial charge in [0.05, 0.1) is 5.02 Å². The van der Waals surface area contributed by atoms with Crippen molar-refractivity contribution in [2.75, 3.05) is 0 Å². The molecule has 0 amide bonds. The van der Waals surface area contributed by atoms with Gasteiger partial charge in [-0.15, -0.1) is 0 Å². The Bertz CT molecular complexity index is 746. The molecular weight excluding hydrogens is 385 g/mol.